The van der Waals surface area contributed by atoms with Gasteiger partial charge in [-0.2, -0.15) is 11.8 Å². The van der Waals surface area contributed by atoms with Gasteiger partial charge in [-0.05, 0) is 43.6 Å². The zero-order chi connectivity index (χ0) is 18.4. The molecule has 1 aromatic rings. The van der Waals surface area contributed by atoms with Crippen LogP contribution in [0.25, 0.3) is 0 Å². The van der Waals surface area contributed by atoms with Crippen LogP contribution in [0.3, 0.4) is 0 Å². The van der Waals surface area contributed by atoms with Crippen LogP contribution >= 0.6 is 23.1 Å². The molecule has 26 heavy (non-hydrogen) atoms. The molecule has 2 amide bonds. The summed E-state index contributed by atoms with van der Waals surface area (Å²) in [6, 6.07) is -0.173. The lowest BCUT2D eigenvalue weighted by molar-refractivity contribution is -0.122. The molecule has 0 unspecified atom stereocenters. The van der Waals surface area contributed by atoms with E-state index >= 15 is 0 Å². The molecule has 1 atom stereocenters. The number of carbonyl (C=O) groups is 2. The van der Waals surface area contributed by atoms with Crippen LogP contribution in [-0.2, 0) is 9.59 Å². The predicted octanol–water partition coefficient (Wildman–Crippen LogP) is 2.28. The SMILES string of the molecule is CCCSCCCNC(=O)[C@H]1CCCN1c1nnc(N2CCCC2=O)s1. The van der Waals surface area contributed by atoms with Gasteiger partial charge in [0.05, 0.1) is 0 Å². The summed E-state index contributed by atoms with van der Waals surface area (Å²) < 4.78 is 0. The summed E-state index contributed by atoms with van der Waals surface area (Å²) in [5, 5.41) is 12.9. The number of hydrogen-bond acceptors (Lipinski definition) is 7. The molecule has 0 spiro atoms. The van der Waals surface area contributed by atoms with Crippen LogP contribution < -0.4 is 15.1 Å². The third-order valence-electron chi connectivity index (χ3n) is 4.62. The number of amides is 2. The molecule has 9 heteroatoms. The van der Waals surface area contributed by atoms with Gasteiger partial charge in [-0.1, -0.05) is 18.3 Å². The largest absolute Gasteiger partial charge is 0.354 e. The Morgan fingerprint density at radius 2 is 2.12 bits per heavy atom. The van der Waals surface area contributed by atoms with Crippen LogP contribution in [0.1, 0.15) is 45.4 Å². The highest BCUT2D eigenvalue weighted by Gasteiger charge is 2.34. The number of thioether (sulfide) groups is 1. The molecule has 3 heterocycles. The maximum absolute atomic E-state index is 12.6. The van der Waals surface area contributed by atoms with Crippen LogP contribution in [0, 0.1) is 0 Å². The van der Waals surface area contributed by atoms with Gasteiger partial charge in [0.2, 0.25) is 22.1 Å². The fraction of sp³-hybridized carbons (Fsp3) is 0.765. The van der Waals surface area contributed by atoms with E-state index in [1.165, 1.54) is 23.5 Å². The summed E-state index contributed by atoms with van der Waals surface area (Å²) in [7, 11) is 0. The highest BCUT2D eigenvalue weighted by Crippen LogP contribution is 2.33. The number of rotatable bonds is 9. The molecular formula is C17H27N5O2S2. The summed E-state index contributed by atoms with van der Waals surface area (Å²) in [4.78, 5) is 28.2. The Labute approximate surface area is 162 Å². The van der Waals surface area contributed by atoms with Crippen LogP contribution in [0.15, 0.2) is 0 Å². The van der Waals surface area contributed by atoms with Crippen LogP contribution in [-0.4, -0.2) is 59.2 Å². The van der Waals surface area contributed by atoms with Crippen molar-refractivity contribution in [1.29, 1.82) is 0 Å². The fourth-order valence-electron chi connectivity index (χ4n) is 3.30. The first-order chi connectivity index (χ1) is 12.7. The third kappa shape index (κ3) is 4.68. The van der Waals surface area contributed by atoms with Crippen molar-refractivity contribution < 1.29 is 9.59 Å². The Hall–Kier alpha value is -1.35. The maximum atomic E-state index is 12.6. The third-order valence-corrected chi connectivity index (χ3v) is 6.88. The van der Waals surface area contributed by atoms with Crippen molar-refractivity contribution in [3.05, 3.63) is 0 Å². The lowest BCUT2D eigenvalue weighted by Gasteiger charge is -2.22. The standard InChI is InChI=1S/C17H27N5O2S2/c1-2-11-25-12-5-8-18-15(24)13-6-3-9-21(13)16-19-20-17(26-16)22-10-4-7-14(22)23/h13H,2-12H2,1H3,(H,18,24)/t13-/m1/s1. The zero-order valence-corrected chi connectivity index (χ0v) is 16.9. The smallest absolute Gasteiger partial charge is 0.242 e. The second-order valence-corrected chi connectivity index (χ2v) is 8.78. The van der Waals surface area contributed by atoms with Crippen molar-refractivity contribution in [2.75, 3.05) is 40.9 Å². The lowest BCUT2D eigenvalue weighted by atomic mass is 10.2. The quantitative estimate of drug-likeness (QED) is 0.644. The summed E-state index contributed by atoms with van der Waals surface area (Å²) in [6.45, 7) is 4.44. The molecule has 0 aromatic carbocycles. The second-order valence-electron chi connectivity index (χ2n) is 6.62. The minimum absolute atomic E-state index is 0.0805. The van der Waals surface area contributed by atoms with Gasteiger partial charge in [0.15, 0.2) is 0 Å². The summed E-state index contributed by atoms with van der Waals surface area (Å²) in [6.07, 6.45) is 5.47. The van der Waals surface area contributed by atoms with E-state index in [0.717, 1.165) is 49.7 Å². The second kappa shape index (κ2) is 9.55. The van der Waals surface area contributed by atoms with E-state index in [1.807, 2.05) is 16.7 Å². The molecule has 0 saturated carbocycles. The first-order valence-corrected chi connectivity index (χ1v) is 11.4. The number of nitrogens with zero attached hydrogens (tertiary/aromatic N) is 4. The average molecular weight is 398 g/mol. The normalized spacial score (nSPS) is 20.2. The van der Waals surface area contributed by atoms with Crippen molar-refractivity contribution >= 4 is 45.2 Å². The topological polar surface area (TPSA) is 78.4 Å². The number of hydrogen-bond donors (Lipinski definition) is 1. The first-order valence-electron chi connectivity index (χ1n) is 9.46. The molecule has 2 saturated heterocycles. The zero-order valence-electron chi connectivity index (χ0n) is 15.3. The molecule has 144 valence electrons. The van der Waals surface area contributed by atoms with Crippen molar-refractivity contribution in [2.45, 2.75) is 51.5 Å². The van der Waals surface area contributed by atoms with Gasteiger partial charge < -0.3 is 10.2 Å². The average Bonchev–Trinajstić information content (AvgIpc) is 3.36. The Bertz CT molecular complexity index is 624. The molecule has 0 radical (unpaired) electrons. The Morgan fingerprint density at radius 1 is 1.27 bits per heavy atom. The highest BCUT2D eigenvalue weighted by atomic mass is 32.2. The number of anilines is 2. The van der Waals surface area contributed by atoms with Gasteiger partial charge in [0.1, 0.15) is 6.04 Å². The fourth-order valence-corrected chi connectivity index (χ4v) is 5.11. The van der Waals surface area contributed by atoms with Crippen LogP contribution in [0.2, 0.25) is 0 Å². The Kier molecular flexibility index (Phi) is 7.13. The summed E-state index contributed by atoms with van der Waals surface area (Å²) in [5.41, 5.74) is 0. The van der Waals surface area contributed by atoms with Gasteiger partial charge >= 0.3 is 0 Å². The van der Waals surface area contributed by atoms with Gasteiger partial charge in [0, 0.05) is 26.1 Å². The minimum Gasteiger partial charge on any atom is -0.354 e. The molecule has 2 fully saturated rings. The van der Waals surface area contributed by atoms with Crippen LogP contribution in [0.5, 0.6) is 0 Å². The molecule has 2 aliphatic heterocycles. The Balaban J connectivity index is 1.52. The van der Waals surface area contributed by atoms with Crippen molar-refractivity contribution in [2.24, 2.45) is 0 Å². The molecule has 2 aliphatic rings. The van der Waals surface area contributed by atoms with Crippen molar-refractivity contribution in [1.82, 2.24) is 15.5 Å². The van der Waals surface area contributed by atoms with Crippen LogP contribution in [0.4, 0.5) is 10.3 Å². The van der Waals surface area contributed by atoms with Gasteiger partial charge in [-0.3, -0.25) is 14.5 Å². The molecular weight excluding hydrogens is 370 g/mol. The van der Waals surface area contributed by atoms with Gasteiger partial charge in [0.25, 0.3) is 0 Å². The van der Waals surface area contributed by atoms with E-state index in [1.54, 1.807) is 4.90 Å². The predicted molar refractivity (Wildman–Crippen MR) is 107 cm³/mol. The lowest BCUT2D eigenvalue weighted by Crippen LogP contribution is -2.43. The molecule has 1 N–H and O–H groups in total. The number of carbonyl (C=O) groups excluding carboxylic acids is 2. The molecule has 0 aliphatic carbocycles. The van der Waals surface area contributed by atoms with E-state index in [2.05, 4.69) is 22.4 Å². The van der Waals surface area contributed by atoms with E-state index < -0.39 is 0 Å². The number of nitrogens with one attached hydrogen (secondary N) is 1. The molecule has 3 rings (SSSR count). The van der Waals surface area contributed by atoms with E-state index in [9.17, 15) is 9.59 Å². The maximum Gasteiger partial charge on any atom is 0.242 e. The van der Waals surface area contributed by atoms with E-state index in [-0.39, 0.29) is 17.9 Å². The van der Waals surface area contributed by atoms with Crippen molar-refractivity contribution in [3.8, 4) is 0 Å². The summed E-state index contributed by atoms with van der Waals surface area (Å²) in [5.74, 6) is 2.47. The molecule has 1 aromatic heterocycles. The Morgan fingerprint density at radius 3 is 2.88 bits per heavy atom. The summed E-state index contributed by atoms with van der Waals surface area (Å²) >= 11 is 3.35. The van der Waals surface area contributed by atoms with E-state index in [0.29, 0.717) is 18.1 Å². The first kappa shape index (κ1) is 19.4. The highest BCUT2D eigenvalue weighted by molar-refractivity contribution is 7.99. The molecule has 0 bridgehead atoms. The number of aromatic nitrogens is 2. The van der Waals surface area contributed by atoms with Gasteiger partial charge in [-0.15, -0.1) is 10.2 Å². The van der Waals surface area contributed by atoms with Crippen molar-refractivity contribution in [3.63, 3.8) is 0 Å². The minimum atomic E-state index is -0.173. The molecule has 7 nitrogen and oxygen atoms in total. The van der Waals surface area contributed by atoms with E-state index in [4.69, 9.17) is 0 Å². The monoisotopic (exact) mass is 397 g/mol. The van der Waals surface area contributed by atoms with Gasteiger partial charge in [-0.25, -0.2) is 0 Å².